The Morgan fingerprint density at radius 3 is 2.42 bits per heavy atom. The minimum atomic E-state index is -4.51. The van der Waals surface area contributed by atoms with Gasteiger partial charge in [-0.2, -0.15) is 18.3 Å². The molecule has 1 N–H and O–H groups in total. The Hall–Kier alpha value is -3.11. The number of alkyl halides is 3. The van der Waals surface area contributed by atoms with E-state index in [1.165, 1.54) is 28.9 Å². The third-order valence-electron chi connectivity index (χ3n) is 4.40. The minimum absolute atomic E-state index is 0.0744. The third kappa shape index (κ3) is 4.21. The van der Waals surface area contributed by atoms with Crippen LogP contribution in [0.15, 0.2) is 65.8 Å². The number of aromatic nitrogens is 3. The van der Waals surface area contributed by atoms with Crippen LogP contribution in [0.5, 0.6) is 0 Å². The molecule has 31 heavy (non-hydrogen) atoms. The summed E-state index contributed by atoms with van der Waals surface area (Å²) < 4.78 is 69.1. The monoisotopic (exact) mass is 468 g/mol. The molecule has 0 amide bonds. The van der Waals surface area contributed by atoms with Crippen LogP contribution in [0.25, 0.3) is 16.8 Å². The van der Waals surface area contributed by atoms with E-state index in [0.29, 0.717) is 21.8 Å². The van der Waals surface area contributed by atoms with Crippen molar-refractivity contribution in [1.29, 1.82) is 0 Å². The van der Waals surface area contributed by atoms with Gasteiger partial charge in [0.1, 0.15) is 11.6 Å². The first-order valence-corrected chi connectivity index (χ1v) is 10.8. The fourth-order valence-corrected chi connectivity index (χ4v) is 4.29. The highest BCUT2D eigenvalue weighted by Crippen LogP contribution is 2.31. The van der Waals surface area contributed by atoms with Gasteiger partial charge in [0.15, 0.2) is 0 Å². The predicted octanol–water partition coefficient (Wildman–Crippen LogP) is 5.31. The maximum absolute atomic E-state index is 13.5. The molecular formula is C20H13ClF4N4OS. The molecule has 0 aliphatic rings. The molecule has 1 atom stereocenters. The van der Waals surface area contributed by atoms with Crippen LogP contribution in [-0.2, 0) is 15.9 Å². The molecule has 160 valence electrons. The second-order valence-electron chi connectivity index (χ2n) is 6.58. The molecular weight excluding hydrogens is 456 g/mol. The standard InChI is InChI=1S/C20H13ClF4N4OS/c1-31(30,15-4-2-13(3-5-15)20(23,24)25)28-19-7-6-16(21)18-9-17(27-29(18)19)12-8-14(22)11-26-10-12/h2-11H,1H2,(H,28,30). The van der Waals surface area contributed by atoms with Crippen molar-refractivity contribution < 1.29 is 21.8 Å². The average molecular weight is 469 g/mol. The molecule has 3 aromatic heterocycles. The zero-order valence-electron chi connectivity index (χ0n) is 15.5. The Balaban J connectivity index is 1.73. The van der Waals surface area contributed by atoms with Gasteiger partial charge in [-0.1, -0.05) is 11.6 Å². The van der Waals surface area contributed by atoms with Crippen molar-refractivity contribution in [3.8, 4) is 11.3 Å². The number of hydrogen-bond donors (Lipinski definition) is 1. The number of nitrogens with zero attached hydrogens (tertiary/aromatic N) is 3. The Kier molecular flexibility index (Phi) is 5.14. The summed E-state index contributed by atoms with van der Waals surface area (Å²) in [7, 11) is -3.24. The van der Waals surface area contributed by atoms with E-state index in [0.717, 1.165) is 30.5 Å². The molecule has 4 rings (SSSR count). The van der Waals surface area contributed by atoms with E-state index in [4.69, 9.17) is 11.6 Å². The van der Waals surface area contributed by atoms with E-state index in [1.807, 2.05) is 0 Å². The van der Waals surface area contributed by atoms with Crippen molar-refractivity contribution in [2.75, 3.05) is 4.72 Å². The van der Waals surface area contributed by atoms with Gasteiger partial charge in [-0.3, -0.25) is 9.71 Å². The summed E-state index contributed by atoms with van der Waals surface area (Å²) in [5.74, 6) is 3.33. The Bertz CT molecular complexity index is 1380. The minimum Gasteiger partial charge on any atom is -0.293 e. The summed E-state index contributed by atoms with van der Waals surface area (Å²) in [5.41, 5.74) is 0.353. The van der Waals surface area contributed by atoms with Crippen LogP contribution < -0.4 is 4.72 Å². The molecule has 1 unspecified atom stereocenters. The number of anilines is 1. The van der Waals surface area contributed by atoms with Crippen LogP contribution in [0.2, 0.25) is 5.02 Å². The lowest BCUT2D eigenvalue weighted by molar-refractivity contribution is -0.137. The zero-order chi connectivity index (χ0) is 22.4. The molecule has 0 spiro atoms. The number of halogens is 5. The zero-order valence-corrected chi connectivity index (χ0v) is 17.1. The molecule has 0 aliphatic carbocycles. The summed E-state index contributed by atoms with van der Waals surface area (Å²) in [6.45, 7) is 0. The van der Waals surface area contributed by atoms with Crippen molar-refractivity contribution in [3.05, 3.63) is 77.3 Å². The van der Waals surface area contributed by atoms with E-state index in [1.54, 1.807) is 6.07 Å². The molecule has 4 aromatic rings. The topological polar surface area (TPSA) is 59.3 Å². The number of rotatable bonds is 4. The van der Waals surface area contributed by atoms with E-state index in [2.05, 4.69) is 20.7 Å². The average Bonchev–Trinajstić information content (AvgIpc) is 3.16. The van der Waals surface area contributed by atoms with Crippen molar-refractivity contribution in [2.45, 2.75) is 11.1 Å². The van der Waals surface area contributed by atoms with Crippen LogP contribution >= 0.6 is 11.6 Å². The number of hydrogen-bond acceptors (Lipinski definition) is 3. The summed E-state index contributed by atoms with van der Waals surface area (Å²) in [6, 6.07) is 9.78. The number of pyridine rings is 2. The lowest BCUT2D eigenvalue weighted by Crippen LogP contribution is -2.16. The highest BCUT2D eigenvalue weighted by Gasteiger charge is 2.30. The molecule has 1 aromatic carbocycles. The van der Waals surface area contributed by atoms with E-state index >= 15 is 0 Å². The van der Waals surface area contributed by atoms with Gasteiger partial charge in [-0.25, -0.2) is 13.1 Å². The van der Waals surface area contributed by atoms with E-state index in [-0.39, 0.29) is 10.7 Å². The first-order valence-electron chi connectivity index (χ1n) is 8.66. The van der Waals surface area contributed by atoms with Gasteiger partial charge in [0.05, 0.1) is 37.7 Å². The number of nitrogens with one attached hydrogen (secondary N) is 1. The highest BCUT2D eigenvalue weighted by molar-refractivity contribution is 8.01. The van der Waals surface area contributed by atoms with Gasteiger partial charge in [0.25, 0.3) is 0 Å². The summed E-state index contributed by atoms with van der Waals surface area (Å²) in [4.78, 5) is 3.86. The SMILES string of the molecule is C=S(=O)(Nc1ccc(Cl)c2cc(-c3cncc(F)c3)nn12)c1ccc(C(F)(F)F)cc1. The van der Waals surface area contributed by atoms with Gasteiger partial charge in [0, 0.05) is 16.7 Å². The molecule has 0 bridgehead atoms. The Labute approximate surface area is 179 Å². The maximum atomic E-state index is 13.5. The molecule has 0 saturated carbocycles. The second-order valence-corrected chi connectivity index (χ2v) is 9.02. The highest BCUT2D eigenvalue weighted by atomic mass is 35.5. The first-order chi connectivity index (χ1) is 14.5. The van der Waals surface area contributed by atoms with Crippen LogP contribution in [0.3, 0.4) is 0 Å². The molecule has 0 radical (unpaired) electrons. The number of benzene rings is 1. The van der Waals surface area contributed by atoms with Crippen molar-refractivity contribution in [2.24, 2.45) is 0 Å². The molecule has 0 aliphatic heterocycles. The van der Waals surface area contributed by atoms with Gasteiger partial charge in [-0.05, 0) is 54.4 Å². The van der Waals surface area contributed by atoms with Crippen molar-refractivity contribution in [3.63, 3.8) is 0 Å². The largest absolute Gasteiger partial charge is 0.416 e. The van der Waals surface area contributed by atoms with Crippen molar-refractivity contribution >= 4 is 38.5 Å². The summed E-state index contributed by atoms with van der Waals surface area (Å²) >= 11 is 6.24. The summed E-state index contributed by atoms with van der Waals surface area (Å²) in [5, 5.41) is 4.70. The summed E-state index contributed by atoms with van der Waals surface area (Å²) in [6.07, 6.45) is -2.02. The lowest BCUT2D eigenvalue weighted by atomic mass is 10.2. The first kappa shape index (κ1) is 21.1. The quantitative estimate of drug-likeness (QED) is 0.326. The van der Waals surface area contributed by atoms with Gasteiger partial charge >= 0.3 is 6.18 Å². The van der Waals surface area contributed by atoms with Crippen LogP contribution in [0, 0.1) is 5.82 Å². The Morgan fingerprint density at radius 1 is 1.06 bits per heavy atom. The smallest absolute Gasteiger partial charge is 0.293 e. The van der Waals surface area contributed by atoms with Gasteiger partial charge < -0.3 is 0 Å². The molecule has 0 saturated heterocycles. The van der Waals surface area contributed by atoms with Crippen molar-refractivity contribution in [1.82, 2.24) is 14.6 Å². The molecule has 3 heterocycles. The fourth-order valence-electron chi connectivity index (χ4n) is 2.90. The number of fused-ring (bicyclic) bond motifs is 1. The lowest BCUT2D eigenvalue weighted by Gasteiger charge is -2.15. The van der Waals surface area contributed by atoms with Gasteiger partial charge in [-0.15, -0.1) is 0 Å². The Morgan fingerprint density at radius 2 is 1.77 bits per heavy atom. The van der Waals surface area contributed by atoms with Crippen LogP contribution in [0.4, 0.5) is 23.4 Å². The predicted molar refractivity (Wildman–Crippen MR) is 112 cm³/mol. The maximum Gasteiger partial charge on any atom is 0.416 e. The third-order valence-corrected chi connectivity index (χ3v) is 6.29. The molecule has 5 nitrogen and oxygen atoms in total. The van der Waals surface area contributed by atoms with Crippen LogP contribution in [-0.4, -0.2) is 24.7 Å². The fraction of sp³-hybridized carbons (Fsp3) is 0.0500. The molecule has 11 heteroatoms. The molecule has 0 fully saturated rings. The van der Waals surface area contributed by atoms with E-state index < -0.39 is 27.3 Å². The van der Waals surface area contributed by atoms with E-state index in [9.17, 15) is 21.8 Å². The van der Waals surface area contributed by atoms with Crippen LogP contribution in [0.1, 0.15) is 5.56 Å². The van der Waals surface area contributed by atoms with Gasteiger partial charge in [0.2, 0.25) is 0 Å². The second kappa shape index (κ2) is 7.54. The normalized spacial score (nSPS) is 13.8.